The van der Waals surface area contributed by atoms with Crippen LogP contribution in [0.25, 0.3) is 10.2 Å². The topological polar surface area (TPSA) is 64.3 Å². The lowest BCUT2D eigenvalue weighted by molar-refractivity contribution is -0.118. The fourth-order valence-corrected chi connectivity index (χ4v) is 3.66. The first-order chi connectivity index (χ1) is 11.9. The summed E-state index contributed by atoms with van der Waals surface area (Å²) < 4.78 is 2.96. The Morgan fingerprint density at radius 2 is 2.00 bits per heavy atom. The van der Waals surface area contributed by atoms with Crippen molar-refractivity contribution >= 4 is 44.7 Å². The van der Waals surface area contributed by atoms with Crippen LogP contribution in [0.2, 0.25) is 5.02 Å². The van der Waals surface area contributed by atoms with Crippen molar-refractivity contribution in [1.82, 2.24) is 9.13 Å². The largest absolute Gasteiger partial charge is 0.331 e. The fourth-order valence-electron chi connectivity index (χ4n) is 2.64. The number of hydrogen-bond acceptors (Lipinski definition) is 4. The molecule has 2 aromatic heterocycles. The quantitative estimate of drug-likeness (QED) is 0.702. The minimum Gasteiger partial charge on any atom is -0.314 e. The number of benzene rings is 1. The first-order valence-electron chi connectivity index (χ1n) is 7.67. The lowest BCUT2D eigenvalue weighted by Gasteiger charge is -2.19. The van der Waals surface area contributed by atoms with Gasteiger partial charge in [-0.2, -0.15) is 0 Å². The maximum absolute atomic E-state index is 12.7. The van der Waals surface area contributed by atoms with E-state index in [1.54, 1.807) is 49.7 Å². The molecule has 0 saturated carbocycles. The third-order valence-electron chi connectivity index (χ3n) is 4.02. The molecule has 0 aliphatic carbocycles. The molecule has 3 rings (SSSR count). The van der Waals surface area contributed by atoms with Crippen molar-refractivity contribution in [3.63, 3.8) is 0 Å². The molecule has 25 heavy (non-hydrogen) atoms. The number of anilines is 1. The van der Waals surface area contributed by atoms with E-state index in [0.29, 0.717) is 20.9 Å². The summed E-state index contributed by atoms with van der Waals surface area (Å²) in [5.41, 5.74) is 0.323. The molecular weight excluding hydrogens is 362 g/mol. The predicted octanol–water partition coefficient (Wildman–Crippen LogP) is 2.56. The van der Waals surface area contributed by atoms with Crippen molar-refractivity contribution in [2.75, 3.05) is 11.9 Å². The van der Waals surface area contributed by atoms with Crippen LogP contribution < -0.4 is 16.1 Å². The molecule has 8 heteroatoms. The summed E-state index contributed by atoms with van der Waals surface area (Å²) in [6, 6.07) is 8.60. The van der Waals surface area contributed by atoms with Gasteiger partial charge in [-0.15, -0.1) is 11.3 Å². The van der Waals surface area contributed by atoms with Gasteiger partial charge in [0.05, 0.1) is 5.52 Å². The highest BCUT2D eigenvalue weighted by atomic mass is 35.5. The number of thiophene rings is 1. The summed E-state index contributed by atoms with van der Waals surface area (Å²) >= 11 is 7.23. The minimum absolute atomic E-state index is 0.157. The lowest BCUT2D eigenvalue weighted by atomic mass is 10.3. The maximum Gasteiger partial charge on any atom is 0.331 e. The van der Waals surface area contributed by atoms with Gasteiger partial charge >= 0.3 is 5.69 Å². The van der Waals surface area contributed by atoms with Gasteiger partial charge in [0.25, 0.3) is 5.56 Å². The second-order valence-electron chi connectivity index (χ2n) is 5.49. The molecule has 0 aliphatic heterocycles. The third kappa shape index (κ3) is 3.12. The van der Waals surface area contributed by atoms with Crippen molar-refractivity contribution < 1.29 is 4.79 Å². The molecule has 0 radical (unpaired) electrons. The average molecular weight is 378 g/mol. The second kappa shape index (κ2) is 6.85. The van der Waals surface area contributed by atoms with Gasteiger partial charge in [-0.05, 0) is 36.6 Å². The Hall–Kier alpha value is -2.38. The van der Waals surface area contributed by atoms with Gasteiger partial charge < -0.3 is 4.90 Å². The van der Waals surface area contributed by atoms with Gasteiger partial charge in [-0.25, -0.2) is 4.79 Å². The molecule has 0 bridgehead atoms. The van der Waals surface area contributed by atoms with Crippen LogP contribution in [0.1, 0.15) is 6.92 Å². The summed E-state index contributed by atoms with van der Waals surface area (Å²) in [6.45, 7) is 1.83. The number of carbonyl (C=O) groups is 1. The Kier molecular flexibility index (Phi) is 4.78. The molecular formula is C17H16ClN3O3S. The van der Waals surface area contributed by atoms with Crippen LogP contribution in [0, 0.1) is 0 Å². The molecule has 130 valence electrons. The molecule has 0 unspecified atom stereocenters. The normalized spacial score (nSPS) is 11.0. The second-order valence-corrected chi connectivity index (χ2v) is 6.84. The van der Waals surface area contributed by atoms with Crippen LogP contribution in [-0.2, 0) is 17.9 Å². The molecule has 1 aromatic carbocycles. The van der Waals surface area contributed by atoms with Crippen molar-refractivity contribution in [2.45, 2.75) is 20.0 Å². The average Bonchev–Trinajstić information content (AvgIpc) is 3.08. The van der Waals surface area contributed by atoms with Gasteiger partial charge in [0.15, 0.2) is 0 Å². The maximum atomic E-state index is 12.7. The number of amides is 1. The molecule has 3 aromatic rings. The van der Waals surface area contributed by atoms with E-state index in [1.165, 1.54) is 20.8 Å². The summed E-state index contributed by atoms with van der Waals surface area (Å²) in [6.07, 6.45) is 0. The Morgan fingerprint density at radius 1 is 1.24 bits per heavy atom. The Labute approximate surface area is 152 Å². The monoisotopic (exact) mass is 377 g/mol. The zero-order valence-corrected chi connectivity index (χ0v) is 15.3. The number of halogens is 1. The number of hydrogen-bond donors (Lipinski definition) is 0. The lowest BCUT2D eigenvalue weighted by Crippen LogP contribution is -2.42. The van der Waals surface area contributed by atoms with Crippen LogP contribution in [0.4, 0.5) is 5.69 Å². The van der Waals surface area contributed by atoms with E-state index in [2.05, 4.69) is 0 Å². The predicted molar refractivity (Wildman–Crippen MR) is 101 cm³/mol. The van der Waals surface area contributed by atoms with Gasteiger partial charge in [-0.3, -0.25) is 18.7 Å². The summed E-state index contributed by atoms with van der Waals surface area (Å²) in [5, 5.41) is 2.27. The summed E-state index contributed by atoms with van der Waals surface area (Å²) in [7, 11) is 1.62. The molecule has 6 nitrogen and oxygen atoms in total. The van der Waals surface area contributed by atoms with E-state index in [-0.39, 0.29) is 24.6 Å². The van der Waals surface area contributed by atoms with Crippen LogP contribution in [0.3, 0.4) is 0 Å². The highest BCUT2D eigenvalue weighted by Gasteiger charge is 2.18. The summed E-state index contributed by atoms with van der Waals surface area (Å²) in [5.74, 6) is -0.279. The van der Waals surface area contributed by atoms with Crippen LogP contribution in [-0.4, -0.2) is 22.1 Å². The highest BCUT2D eigenvalue weighted by molar-refractivity contribution is 7.17. The molecule has 0 fully saturated rings. The number of likely N-dealkylation sites (N-methyl/N-ethyl adjacent to an activating group) is 1. The Morgan fingerprint density at radius 3 is 2.68 bits per heavy atom. The summed E-state index contributed by atoms with van der Waals surface area (Å²) in [4.78, 5) is 39.1. The number of fused-ring (bicyclic) bond motifs is 1. The van der Waals surface area contributed by atoms with Crippen LogP contribution >= 0.6 is 22.9 Å². The van der Waals surface area contributed by atoms with Gasteiger partial charge in [0, 0.05) is 24.3 Å². The molecule has 0 aliphatic rings. The molecule has 1 amide bonds. The number of rotatable bonds is 4. The zero-order valence-electron chi connectivity index (χ0n) is 13.7. The molecule has 0 atom stereocenters. The fraction of sp³-hybridized carbons (Fsp3) is 0.235. The standard InChI is InChI=1S/C17H16ClN3O3S/c1-3-20-16(23)15-13(7-8-25-15)21(17(20)24)10-14(22)19(2)12-6-4-5-11(18)9-12/h4-9H,3,10H2,1-2H3. The number of nitrogens with zero attached hydrogens (tertiary/aromatic N) is 3. The van der Waals surface area contributed by atoms with E-state index in [9.17, 15) is 14.4 Å². The first kappa shape index (κ1) is 17.4. The van der Waals surface area contributed by atoms with Gasteiger partial charge in [-0.1, -0.05) is 17.7 Å². The Bertz CT molecular complexity index is 1070. The van der Waals surface area contributed by atoms with E-state index in [4.69, 9.17) is 11.6 Å². The van der Waals surface area contributed by atoms with Crippen molar-refractivity contribution in [2.24, 2.45) is 0 Å². The van der Waals surface area contributed by atoms with Crippen LogP contribution in [0.5, 0.6) is 0 Å². The minimum atomic E-state index is -0.480. The zero-order chi connectivity index (χ0) is 18.1. The molecule has 0 N–H and O–H groups in total. The molecule has 0 spiro atoms. The smallest absolute Gasteiger partial charge is 0.314 e. The number of carbonyl (C=O) groups excluding carboxylic acids is 1. The van der Waals surface area contributed by atoms with E-state index >= 15 is 0 Å². The molecule has 2 heterocycles. The first-order valence-corrected chi connectivity index (χ1v) is 8.92. The van der Waals surface area contributed by atoms with Crippen molar-refractivity contribution in [3.05, 3.63) is 61.6 Å². The molecule has 0 saturated heterocycles. The van der Waals surface area contributed by atoms with E-state index in [0.717, 1.165) is 4.57 Å². The highest BCUT2D eigenvalue weighted by Crippen LogP contribution is 2.19. The van der Waals surface area contributed by atoms with Gasteiger partial charge in [0.2, 0.25) is 5.91 Å². The Balaban J connectivity index is 2.03. The van der Waals surface area contributed by atoms with E-state index in [1.807, 2.05) is 0 Å². The van der Waals surface area contributed by atoms with E-state index < -0.39 is 5.69 Å². The SMILES string of the molecule is CCn1c(=O)c2sccc2n(CC(=O)N(C)c2cccc(Cl)c2)c1=O. The third-order valence-corrected chi connectivity index (χ3v) is 5.14. The van der Waals surface area contributed by atoms with Gasteiger partial charge in [0.1, 0.15) is 11.2 Å². The van der Waals surface area contributed by atoms with Crippen molar-refractivity contribution in [1.29, 1.82) is 0 Å². The van der Waals surface area contributed by atoms with Crippen LogP contribution in [0.15, 0.2) is 45.3 Å². The van der Waals surface area contributed by atoms with Crippen molar-refractivity contribution in [3.8, 4) is 0 Å². The number of aromatic nitrogens is 2.